The molecular formula is CH2FISi. The van der Waals surface area contributed by atoms with E-state index in [1.54, 1.807) is 0 Å². The van der Waals surface area contributed by atoms with E-state index >= 15 is 0 Å². The second-order valence-electron chi connectivity index (χ2n) is 0.267. The van der Waals surface area contributed by atoms with Gasteiger partial charge in [0.2, 0.25) is 0 Å². The molecule has 2 radical (unpaired) electrons. The molecule has 0 N–H and O–H groups in total. The van der Waals surface area contributed by atoms with Crippen molar-refractivity contribution in [2.75, 3.05) is 4.05 Å². The lowest BCUT2D eigenvalue weighted by Gasteiger charge is -1.57. The molecule has 0 aromatic rings. The van der Waals surface area contributed by atoms with Crippen LogP contribution in [0.1, 0.15) is 0 Å². The van der Waals surface area contributed by atoms with Crippen molar-refractivity contribution in [3.8, 4) is 0 Å². The molecule has 0 nitrogen and oxygen atoms in total. The summed E-state index contributed by atoms with van der Waals surface area (Å²) < 4.78 is 11.4. The van der Waals surface area contributed by atoms with Crippen LogP contribution in [0.15, 0.2) is 0 Å². The van der Waals surface area contributed by atoms with E-state index in [4.69, 9.17) is 0 Å². The van der Waals surface area contributed by atoms with E-state index in [0.717, 1.165) is 0 Å². The summed E-state index contributed by atoms with van der Waals surface area (Å²) >= 11 is 1.99. The van der Waals surface area contributed by atoms with E-state index in [2.05, 4.69) is 0 Å². The normalized spacial score (nSPS) is 7.50. The maximum Gasteiger partial charge on any atom is 0.305 e. The second-order valence-corrected chi connectivity index (χ2v) is 3.09. The van der Waals surface area contributed by atoms with E-state index < -0.39 is 0 Å². The van der Waals surface area contributed by atoms with Crippen LogP contribution in [0.2, 0.25) is 0 Å². The van der Waals surface area contributed by atoms with E-state index in [0.29, 0.717) is 4.05 Å². The molecule has 0 spiro atoms. The van der Waals surface area contributed by atoms with Gasteiger partial charge >= 0.3 is 9.85 Å². The monoisotopic (exact) mass is 188 g/mol. The first-order valence-corrected chi connectivity index (χ1v) is 3.42. The SMILES string of the molecule is F[Si]CI. The highest BCUT2D eigenvalue weighted by atomic mass is 127. The van der Waals surface area contributed by atoms with Crippen LogP contribution in [0.4, 0.5) is 4.11 Å². The van der Waals surface area contributed by atoms with Gasteiger partial charge in [0.05, 0.1) is 0 Å². The predicted octanol–water partition coefficient (Wildman–Crippen LogP) is 0.968. The van der Waals surface area contributed by atoms with Crippen molar-refractivity contribution in [2.24, 2.45) is 0 Å². The molecule has 0 unspecified atom stereocenters. The lowest BCUT2D eigenvalue weighted by molar-refractivity contribution is 0.877. The maximum absolute atomic E-state index is 10.7. The van der Waals surface area contributed by atoms with E-state index in [1.165, 1.54) is 0 Å². The van der Waals surface area contributed by atoms with Crippen molar-refractivity contribution < 1.29 is 4.11 Å². The molecule has 0 atom stereocenters. The van der Waals surface area contributed by atoms with Crippen LogP contribution >= 0.6 is 22.6 Å². The van der Waals surface area contributed by atoms with Crippen molar-refractivity contribution in [1.82, 2.24) is 0 Å². The maximum atomic E-state index is 10.7. The Bertz CT molecular complexity index is 10.0. The predicted molar refractivity (Wildman–Crippen MR) is 25.7 cm³/mol. The van der Waals surface area contributed by atoms with Gasteiger partial charge in [-0.15, -0.1) is 0 Å². The van der Waals surface area contributed by atoms with Gasteiger partial charge in [-0.1, -0.05) is 22.6 Å². The molecule has 0 aliphatic heterocycles. The van der Waals surface area contributed by atoms with Gasteiger partial charge in [0.15, 0.2) is 0 Å². The van der Waals surface area contributed by atoms with Crippen molar-refractivity contribution in [1.29, 1.82) is 0 Å². The highest BCUT2D eigenvalue weighted by Crippen LogP contribution is 1.73. The Morgan fingerprint density at radius 2 is 2.25 bits per heavy atom. The molecular weight excluding hydrogens is 186 g/mol. The summed E-state index contributed by atoms with van der Waals surface area (Å²) in [6.07, 6.45) is 0. The molecule has 0 bridgehead atoms. The van der Waals surface area contributed by atoms with Crippen LogP contribution in [0, 0.1) is 0 Å². The Hall–Kier alpha value is 0.877. The van der Waals surface area contributed by atoms with Crippen LogP contribution in [-0.2, 0) is 0 Å². The highest BCUT2D eigenvalue weighted by Gasteiger charge is 1.70. The fraction of sp³-hybridized carbons (Fsp3) is 1.00. The summed E-state index contributed by atoms with van der Waals surface area (Å²) in [6, 6.07) is 0. The second kappa shape index (κ2) is 3.88. The number of hydrogen-bond donors (Lipinski definition) is 0. The Kier molecular flexibility index (Phi) is 4.73. The molecule has 0 saturated carbocycles. The lowest BCUT2D eigenvalue weighted by atomic mass is 11.9. The summed E-state index contributed by atoms with van der Waals surface area (Å²) in [5, 5.41) is 0. The van der Waals surface area contributed by atoms with Gasteiger partial charge in [0.25, 0.3) is 0 Å². The van der Waals surface area contributed by atoms with Gasteiger partial charge in [0, 0.05) is 4.05 Å². The molecule has 0 aromatic carbocycles. The van der Waals surface area contributed by atoms with Gasteiger partial charge in [0.1, 0.15) is 0 Å². The molecule has 24 valence electrons. The smallest absolute Gasteiger partial charge is 0.305 e. The van der Waals surface area contributed by atoms with Gasteiger partial charge < -0.3 is 4.11 Å². The van der Waals surface area contributed by atoms with Crippen molar-refractivity contribution >= 4 is 32.4 Å². The first-order chi connectivity index (χ1) is 1.91. The molecule has 0 heterocycles. The molecule has 0 saturated heterocycles. The third-order valence-corrected chi connectivity index (χ3v) is 1.02. The van der Waals surface area contributed by atoms with Gasteiger partial charge in [-0.3, -0.25) is 0 Å². The highest BCUT2D eigenvalue weighted by molar-refractivity contribution is 14.1. The number of halogens is 2. The van der Waals surface area contributed by atoms with Crippen molar-refractivity contribution in [3.63, 3.8) is 0 Å². The molecule has 4 heavy (non-hydrogen) atoms. The van der Waals surface area contributed by atoms with Gasteiger partial charge in [-0.05, 0) is 0 Å². The largest absolute Gasteiger partial charge is 0.314 e. The van der Waals surface area contributed by atoms with Gasteiger partial charge in [-0.2, -0.15) is 0 Å². The minimum Gasteiger partial charge on any atom is -0.314 e. The molecule has 0 aliphatic carbocycles. The zero-order chi connectivity index (χ0) is 3.41. The topological polar surface area (TPSA) is 0 Å². The van der Waals surface area contributed by atoms with E-state index in [-0.39, 0.29) is 9.85 Å². The van der Waals surface area contributed by atoms with E-state index in [1.807, 2.05) is 22.6 Å². The number of alkyl halides is 1. The average Bonchev–Trinajstić information content (AvgIpc) is 1.37. The molecule has 0 rings (SSSR count). The first kappa shape index (κ1) is 4.88. The van der Waals surface area contributed by atoms with Crippen molar-refractivity contribution in [2.45, 2.75) is 0 Å². The number of rotatable bonds is 1. The minimum absolute atomic E-state index is 0.373. The van der Waals surface area contributed by atoms with Crippen LogP contribution in [0.5, 0.6) is 0 Å². The third kappa shape index (κ3) is 2.88. The summed E-state index contributed by atoms with van der Waals surface area (Å²) in [4.78, 5) is 0. The molecule has 0 fully saturated rings. The summed E-state index contributed by atoms with van der Waals surface area (Å²) in [6.45, 7) is 0. The van der Waals surface area contributed by atoms with E-state index in [9.17, 15) is 4.11 Å². The first-order valence-electron chi connectivity index (χ1n) is 0.810. The Balaban J connectivity index is 1.97. The standard InChI is InChI=1S/CH2FISi/c2-4-1-3/h1H2. The molecule has 0 amide bonds. The fourth-order valence-electron chi connectivity index (χ4n) is 0. The van der Waals surface area contributed by atoms with Crippen LogP contribution < -0.4 is 0 Å². The minimum atomic E-state index is -0.373. The Labute approximate surface area is 40.9 Å². The molecule has 0 aromatic heterocycles. The summed E-state index contributed by atoms with van der Waals surface area (Å²) in [7, 11) is -0.373. The third-order valence-electron chi connectivity index (χ3n) is 0.0505. The summed E-state index contributed by atoms with van der Waals surface area (Å²) in [5.74, 6) is 0. The average molecular weight is 188 g/mol. The zero-order valence-corrected chi connectivity index (χ0v) is 5.12. The molecule has 0 aliphatic rings. The van der Waals surface area contributed by atoms with Crippen LogP contribution in [-0.4, -0.2) is 13.9 Å². The van der Waals surface area contributed by atoms with Crippen LogP contribution in [0.3, 0.4) is 0 Å². The quantitative estimate of drug-likeness (QED) is 0.249. The lowest BCUT2D eigenvalue weighted by Crippen LogP contribution is -1.72. The van der Waals surface area contributed by atoms with Gasteiger partial charge in [-0.25, -0.2) is 0 Å². The number of hydrogen-bond acceptors (Lipinski definition) is 0. The van der Waals surface area contributed by atoms with Crippen molar-refractivity contribution in [3.05, 3.63) is 0 Å². The Morgan fingerprint density at radius 3 is 2.25 bits per heavy atom. The fourth-order valence-corrected chi connectivity index (χ4v) is 0. The van der Waals surface area contributed by atoms with Crippen LogP contribution in [0.25, 0.3) is 0 Å². The zero-order valence-electron chi connectivity index (χ0n) is 1.96. The summed E-state index contributed by atoms with van der Waals surface area (Å²) in [5.41, 5.74) is 0. The molecule has 3 heteroatoms. The Morgan fingerprint density at radius 1 is 2.00 bits per heavy atom.